The Bertz CT molecular complexity index is 1080. The largest absolute Gasteiger partial charge is 0.493 e. The zero-order valence-corrected chi connectivity index (χ0v) is 18.2. The Labute approximate surface area is 177 Å². The van der Waals surface area contributed by atoms with E-state index < -0.39 is 0 Å². The number of rotatable bonds is 7. The molecule has 1 fully saturated rings. The van der Waals surface area contributed by atoms with E-state index in [1.165, 1.54) is 24.8 Å². The van der Waals surface area contributed by atoms with Crippen LogP contribution in [0.5, 0.6) is 5.75 Å². The van der Waals surface area contributed by atoms with Gasteiger partial charge in [0.1, 0.15) is 17.1 Å². The van der Waals surface area contributed by atoms with Crippen molar-refractivity contribution in [2.24, 2.45) is 7.05 Å². The van der Waals surface area contributed by atoms with E-state index in [1.807, 2.05) is 13.0 Å². The number of benzene rings is 1. The topological polar surface area (TPSA) is 76.0 Å². The fraction of sp³-hybridized carbons (Fsp3) is 0.522. The maximum Gasteiger partial charge on any atom is 0.277 e. The van der Waals surface area contributed by atoms with E-state index in [-0.39, 0.29) is 5.56 Å². The molecule has 0 saturated carbocycles. The molecule has 1 aliphatic heterocycles. The number of likely N-dealkylation sites (tertiary alicyclic amines) is 1. The Morgan fingerprint density at radius 1 is 1.17 bits per heavy atom. The molecule has 7 nitrogen and oxygen atoms in total. The van der Waals surface area contributed by atoms with Gasteiger partial charge in [0.2, 0.25) is 0 Å². The molecular weight excluding hydrogens is 378 g/mol. The van der Waals surface area contributed by atoms with Crippen molar-refractivity contribution in [1.82, 2.24) is 24.6 Å². The van der Waals surface area contributed by atoms with Gasteiger partial charge in [-0.3, -0.25) is 14.4 Å². The molecule has 1 aromatic carbocycles. The summed E-state index contributed by atoms with van der Waals surface area (Å²) < 4.78 is 7.51. The molecule has 0 aliphatic carbocycles. The molecule has 4 rings (SSSR count). The van der Waals surface area contributed by atoms with Gasteiger partial charge >= 0.3 is 0 Å². The highest BCUT2D eigenvalue weighted by atomic mass is 16.5. The van der Waals surface area contributed by atoms with Crippen molar-refractivity contribution < 1.29 is 4.74 Å². The van der Waals surface area contributed by atoms with Crippen LogP contribution in [0.25, 0.3) is 22.4 Å². The molecule has 1 aliphatic rings. The summed E-state index contributed by atoms with van der Waals surface area (Å²) in [6.45, 7) is 7.80. The van der Waals surface area contributed by atoms with Crippen molar-refractivity contribution in [3.8, 4) is 17.1 Å². The lowest BCUT2D eigenvalue weighted by Gasteiger charge is -2.26. The van der Waals surface area contributed by atoms with Gasteiger partial charge < -0.3 is 9.72 Å². The summed E-state index contributed by atoms with van der Waals surface area (Å²) in [5.41, 5.74) is 3.93. The van der Waals surface area contributed by atoms with E-state index >= 15 is 0 Å². The van der Waals surface area contributed by atoms with Gasteiger partial charge in [-0.25, -0.2) is 4.98 Å². The van der Waals surface area contributed by atoms with Crippen molar-refractivity contribution in [2.45, 2.75) is 52.5 Å². The van der Waals surface area contributed by atoms with Crippen LogP contribution in [-0.4, -0.2) is 44.3 Å². The van der Waals surface area contributed by atoms with Crippen LogP contribution in [0.2, 0.25) is 0 Å². The lowest BCUT2D eigenvalue weighted by Crippen LogP contribution is -2.29. The Hall–Kier alpha value is -2.67. The third kappa shape index (κ3) is 4.12. The first kappa shape index (κ1) is 20.6. The molecule has 0 unspecified atom stereocenters. The first-order valence-corrected chi connectivity index (χ1v) is 11.0. The lowest BCUT2D eigenvalue weighted by atomic mass is 10.1. The molecule has 160 valence electrons. The van der Waals surface area contributed by atoms with Crippen LogP contribution in [0.1, 0.15) is 50.8 Å². The number of ether oxygens (including phenoxy) is 1. The maximum absolute atomic E-state index is 12.9. The predicted octanol–water partition coefficient (Wildman–Crippen LogP) is 3.66. The normalized spacial score (nSPS) is 15.0. The number of H-pyrrole nitrogens is 1. The lowest BCUT2D eigenvalue weighted by molar-refractivity contribution is 0.221. The minimum Gasteiger partial charge on any atom is -0.493 e. The van der Waals surface area contributed by atoms with Crippen molar-refractivity contribution in [3.05, 3.63) is 39.8 Å². The quantitative estimate of drug-likeness (QED) is 0.644. The Kier molecular flexibility index (Phi) is 6.18. The van der Waals surface area contributed by atoms with Crippen LogP contribution >= 0.6 is 0 Å². The zero-order valence-electron chi connectivity index (χ0n) is 18.2. The summed E-state index contributed by atoms with van der Waals surface area (Å²) in [6.07, 6.45) is 5.58. The number of fused-ring (bicyclic) bond motifs is 1. The van der Waals surface area contributed by atoms with Gasteiger partial charge in [0, 0.05) is 13.6 Å². The molecule has 0 atom stereocenters. The van der Waals surface area contributed by atoms with Crippen LogP contribution < -0.4 is 10.3 Å². The molecule has 1 N–H and O–H groups in total. The van der Waals surface area contributed by atoms with E-state index in [0.717, 1.165) is 49.5 Å². The number of aryl methyl sites for hydroxylation is 2. The second-order valence-electron chi connectivity index (χ2n) is 8.03. The van der Waals surface area contributed by atoms with Gasteiger partial charge in [-0.1, -0.05) is 25.8 Å². The summed E-state index contributed by atoms with van der Waals surface area (Å²) in [7, 11) is 1.79. The second-order valence-corrected chi connectivity index (χ2v) is 8.03. The van der Waals surface area contributed by atoms with Crippen LogP contribution in [0.4, 0.5) is 0 Å². The number of nitrogens with zero attached hydrogens (tertiary/aromatic N) is 4. The molecule has 1 saturated heterocycles. The van der Waals surface area contributed by atoms with Gasteiger partial charge in [-0.2, -0.15) is 5.10 Å². The van der Waals surface area contributed by atoms with Crippen LogP contribution in [0.3, 0.4) is 0 Å². The monoisotopic (exact) mass is 409 g/mol. The van der Waals surface area contributed by atoms with Gasteiger partial charge in [0.15, 0.2) is 5.52 Å². The molecule has 0 amide bonds. The minimum atomic E-state index is -0.170. The molecular formula is C23H31N5O2. The van der Waals surface area contributed by atoms with Crippen molar-refractivity contribution in [1.29, 1.82) is 0 Å². The van der Waals surface area contributed by atoms with Crippen LogP contribution in [0, 0.1) is 0 Å². The Morgan fingerprint density at radius 2 is 1.97 bits per heavy atom. The molecule has 30 heavy (non-hydrogen) atoms. The first-order chi connectivity index (χ1) is 14.6. The van der Waals surface area contributed by atoms with Crippen LogP contribution in [-0.2, 0) is 20.0 Å². The molecule has 0 bridgehead atoms. The average Bonchev–Trinajstić information content (AvgIpc) is 3.06. The average molecular weight is 410 g/mol. The maximum atomic E-state index is 12.9. The highest BCUT2D eigenvalue weighted by molar-refractivity contribution is 5.79. The van der Waals surface area contributed by atoms with E-state index in [0.29, 0.717) is 23.5 Å². The van der Waals surface area contributed by atoms with Crippen molar-refractivity contribution in [2.75, 3.05) is 19.7 Å². The third-order valence-corrected chi connectivity index (χ3v) is 5.70. The number of aromatic nitrogens is 4. The summed E-state index contributed by atoms with van der Waals surface area (Å²) in [5, 5.41) is 4.53. The van der Waals surface area contributed by atoms with E-state index in [2.05, 4.69) is 34.0 Å². The molecule has 3 heterocycles. The van der Waals surface area contributed by atoms with Crippen molar-refractivity contribution in [3.63, 3.8) is 0 Å². The summed E-state index contributed by atoms with van der Waals surface area (Å²) in [4.78, 5) is 23.2. The zero-order chi connectivity index (χ0) is 21.1. The fourth-order valence-corrected chi connectivity index (χ4v) is 4.30. The van der Waals surface area contributed by atoms with Gasteiger partial charge in [0.05, 0.1) is 17.9 Å². The first-order valence-electron chi connectivity index (χ1n) is 11.0. The molecule has 7 heteroatoms. The summed E-state index contributed by atoms with van der Waals surface area (Å²) >= 11 is 0. The highest BCUT2D eigenvalue weighted by Crippen LogP contribution is 2.30. The number of hydrogen-bond acceptors (Lipinski definition) is 5. The highest BCUT2D eigenvalue weighted by Gasteiger charge is 2.18. The number of hydrogen-bond donors (Lipinski definition) is 1. The number of nitrogens with one attached hydrogen (secondary N) is 1. The summed E-state index contributed by atoms with van der Waals surface area (Å²) in [5.74, 6) is 1.28. The molecule has 3 aromatic rings. The second kappa shape index (κ2) is 9.00. The standard InChI is InChI=1S/C23H31N5O2/c1-4-9-18-20-21(27(3)26-18)23(29)25-22(24-20)17-14-16(10-11-19(17)30-5-2)15-28-12-7-6-8-13-28/h10-11,14H,4-9,12-13,15H2,1-3H3,(H,24,25,29). The van der Waals surface area contributed by atoms with Crippen LogP contribution in [0.15, 0.2) is 23.0 Å². The fourth-order valence-electron chi connectivity index (χ4n) is 4.30. The molecule has 0 radical (unpaired) electrons. The Morgan fingerprint density at radius 3 is 2.70 bits per heavy atom. The van der Waals surface area contributed by atoms with E-state index in [4.69, 9.17) is 9.72 Å². The Balaban J connectivity index is 1.79. The predicted molar refractivity (Wildman–Crippen MR) is 119 cm³/mol. The van der Waals surface area contributed by atoms with Gasteiger partial charge in [-0.15, -0.1) is 0 Å². The molecule has 0 spiro atoms. The van der Waals surface area contributed by atoms with Gasteiger partial charge in [-0.05, 0) is 57.0 Å². The number of piperidine rings is 1. The van der Waals surface area contributed by atoms with Gasteiger partial charge in [0.25, 0.3) is 5.56 Å². The minimum absolute atomic E-state index is 0.170. The van der Waals surface area contributed by atoms with E-state index in [1.54, 1.807) is 11.7 Å². The summed E-state index contributed by atoms with van der Waals surface area (Å²) in [6, 6.07) is 6.23. The molecule has 2 aromatic heterocycles. The smallest absolute Gasteiger partial charge is 0.277 e. The SMILES string of the molecule is CCCc1nn(C)c2c(=O)[nH]c(-c3cc(CN4CCCCC4)ccc3OCC)nc12. The number of aromatic amines is 1. The third-order valence-electron chi connectivity index (χ3n) is 5.70. The van der Waals surface area contributed by atoms with Crippen molar-refractivity contribution >= 4 is 11.0 Å². The van der Waals surface area contributed by atoms with E-state index in [9.17, 15) is 4.79 Å².